The number of esters is 1. The van der Waals surface area contributed by atoms with E-state index in [2.05, 4.69) is 4.98 Å². The number of imidazole rings is 1. The maximum absolute atomic E-state index is 12.9. The monoisotopic (exact) mass is 478 g/mol. The predicted molar refractivity (Wildman–Crippen MR) is 120 cm³/mol. The number of hydrogen-bond acceptors (Lipinski definition) is 7. The summed E-state index contributed by atoms with van der Waals surface area (Å²) in [5.74, 6) is 0.0247. The van der Waals surface area contributed by atoms with Crippen LogP contribution in [0.4, 0.5) is 0 Å². The van der Waals surface area contributed by atoms with Crippen molar-refractivity contribution in [2.45, 2.75) is 43.6 Å². The number of rotatable bonds is 7. The van der Waals surface area contributed by atoms with Gasteiger partial charge in [-0.25, -0.2) is 13.4 Å². The van der Waals surface area contributed by atoms with Crippen molar-refractivity contribution in [3.63, 3.8) is 0 Å². The Labute approximate surface area is 193 Å². The second kappa shape index (κ2) is 9.78. The highest BCUT2D eigenvalue weighted by atomic mass is 32.2. The molecule has 0 radical (unpaired) electrons. The third-order valence-corrected chi connectivity index (χ3v) is 8.07. The fourth-order valence-electron chi connectivity index (χ4n) is 4.26. The largest absolute Gasteiger partial charge is 0.453 e. The molecule has 4 rings (SSSR count). The first-order valence-corrected chi connectivity index (χ1v) is 12.7. The first kappa shape index (κ1) is 23.7. The van der Waals surface area contributed by atoms with Crippen LogP contribution < -0.4 is 0 Å². The van der Waals surface area contributed by atoms with E-state index >= 15 is 0 Å². The fourth-order valence-corrected chi connectivity index (χ4v) is 5.69. The molecule has 2 fully saturated rings. The smallest absolute Gasteiger partial charge is 0.307 e. The van der Waals surface area contributed by atoms with E-state index in [0.717, 1.165) is 18.4 Å². The highest BCUT2D eigenvalue weighted by Crippen LogP contribution is 2.23. The van der Waals surface area contributed by atoms with Crippen LogP contribution in [0.15, 0.2) is 23.1 Å². The van der Waals surface area contributed by atoms with Crippen LogP contribution in [0.1, 0.15) is 32.0 Å². The lowest BCUT2D eigenvalue weighted by Gasteiger charge is -2.26. The number of fused-ring (bicyclic) bond motifs is 1. The van der Waals surface area contributed by atoms with Crippen LogP contribution in [-0.2, 0) is 42.6 Å². The van der Waals surface area contributed by atoms with E-state index in [9.17, 15) is 18.0 Å². The van der Waals surface area contributed by atoms with Gasteiger partial charge in [-0.1, -0.05) is 0 Å². The number of amides is 1. The highest BCUT2D eigenvalue weighted by Gasteiger charge is 2.28. The number of morpholine rings is 1. The van der Waals surface area contributed by atoms with Crippen LogP contribution >= 0.6 is 0 Å². The Kier molecular flexibility index (Phi) is 7.01. The molecule has 0 aliphatic carbocycles. The summed E-state index contributed by atoms with van der Waals surface area (Å²) in [6.45, 7) is 4.45. The van der Waals surface area contributed by atoms with E-state index in [4.69, 9.17) is 9.47 Å². The van der Waals surface area contributed by atoms with Crippen LogP contribution in [0.3, 0.4) is 0 Å². The normalized spacial score (nSPS) is 18.5. The molecule has 180 valence electrons. The minimum Gasteiger partial charge on any atom is -0.453 e. The van der Waals surface area contributed by atoms with Crippen molar-refractivity contribution in [1.29, 1.82) is 0 Å². The predicted octanol–water partition coefficient (Wildman–Crippen LogP) is 1.08. The Hall–Kier alpha value is -2.50. The maximum Gasteiger partial charge on any atom is 0.307 e. The van der Waals surface area contributed by atoms with Gasteiger partial charge in [-0.2, -0.15) is 4.31 Å². The van der Waals surface area contributed by atoms with Crippen LogP contribution in [0, 0.1) is 0 Å². The molecule has 1 amide bonds. The van der Waals surface area contributed by atoms with Crippen molar-refractivity contribution >= 4 is 32.9 Å². The molecule has 11 heteroatoms. The molecule has 2 aromatic rings. The van der Waals surface area contributed by atoms with Crippen molar-refractivity contribution in [3.8, 4) is 0 Å². The Morgan fingerprint density at radius 2 is 1.85 bits per heavy atom. The molecule has 0 saturated carbocycles. The van der Waals surface area contributed by atoms with Gasteiger partial charge in [0.25, 0.3) is 5.91 Å². The van der Waals surface area contributed by atoms with Crippen molar-refractivity contribution in [2.24, 2.45) is 7.05 Å². The molecule has 1 aromatic heterocycles. The third kappa shape index (κ3) is 5.04. The second-order valence-electron chi connectivity index (χ2n) is 8.42. The molecule has 2 aliphatic heterocycles. The summed E-state index contributed by atoms with van der Waals surface area (Å²) in [6.07, 6.45) is 1.56. The number of ether oxygens (including phenoxy) is 2. The number of benzene rings is 1. The van der Waals surface area contributed by atoms with E-state index in [-0.39, 0.29) is 17.2 Å². The number of aryl methyl sites for hydroxylation is 2. The summed E-state index contributed by atoms with van der Waals surface area (Å²) >= 11 is 0. The summed E-state index contributed by atoms with van der Waals surface area (Å²) < 4.78 is 39.7. The summed E-state index contributed by atoms with van der Waals surface area (Å²) in [5.41, 5.74) is 1.32. The molecule has 0 bridgehead atoms. The fraction of sp³-hybridized carbons (Fsp3) is 0.591. The minimum atomic E-state index is -3.62. The van der Waals surface area contributed by atoms with Crippen LogP contribution in [0.5, 0.6) is 0 Å². The van der Waals surface area contributed by atoms with Gasteiger partial charge in [-0.05, 0) is 38.0 Å². The summed E-state index contributed by atoms with van der Waals surface area (Å²) in [5, 5.41) is 0. The lowest BCUT2D eigenvalue weighted by molar-refractivity contribution is -0.158. The molecule has 1 aromatic carbocycles. The number of likely N-dealkylation sites (tertiary alicyclic amines) is 1. The van der Waals surface area contributed by atoms with Crippen LogP contribution in [0.2, 0.25) is 0 Å². The Morgan fingerprint density at radius 1 is 1.15 bits per heavy atom. The van der Waals surface area contributed by atoms with Crippen molar-refractivity contribution in [3.05, 3.63) is 24.0 Å². The number of hydrogen-bond donors (Lipinski definition) is 0. The van der Waals surface area contributed by atoms with E-state index in [1.165, 1.54) is 4.31 Å². The lowest BCUT2D eigenvalue weighted by atomic mass is 10.3. The van der Waals surface area contributed by atoms with Gasteiger partial charge >= 0.3 is 5.97 Å². The molecular weight excluding hydrogens is 448 g/mol. The number of aromatic nitrogens is 2. The number of nitrogens with zero attached hydrogens (tertiary/aromatic N) is 4. The minimum absolute atomic E-state index is 0.0771. The zero-order valence-electron chi connectivity index (χ0n) is 19.0. The van der Waals surface area contributed by atoms with Crippen LogP contribution in [0.25, 0.3) is 11.0 Å². The first-order chi connectivity index (χ1) is 15.8. The van der Waals surface area contributed by atoms with E-state index in [1.807, 2.05) is 11.6 Å². The summed E-state index contributed by atoms with van der Waals surface area (Å²) in [7, 11) is -1.79. The number of carbonyl (C=O) groups is 2. The summed E-state index contributed by atoms with van der Waals surface area (Å²) in [4.78, 5) is 31.1. The quantitative estimate of drug-likeness (QED) is 0.548. The maximum atomic E-state index is 12.9. The first-order valence-electron chi connectivity index (χ1n) is 11.3. The zero-order chi connectivity index (χ0) is 23.6. The molecule has 10 nitrogen and oxygen atoms in total. The molecule has 2 saturated heterocycles. The van der Waals surface area contributed by atoms with Gasteiger partial charge in [-0.15, -0.1) is 0 Å². The topological polar surface area (TPSA) is 111 Å². The van der Waals surface area contributed by atoms with Gasteiger partial charge in [-0.3, -0.25) is 9.59 Å². The van der Waals surface area contributed by atoms with Gasteiger partial charge in [0.05, 0.1) is 35.6 Å². The summed E-state index contributed by atoms with van der Waals surface area (Å²) in [6, 6.07) is 4.88. The van der Waals surface area contributed by atoms with E-state index < -0.39 is 22.1 Å². The molecule has 3 heterocycles. The van der Waals surface area contributed by atoms with Crippen molar-refractivity contribution < 1.29 is 27.5 Å². The number of carbonyl (C=O) groups excluding carboxylic acids is 2. The van der Waals surface area contributed by atoms with Crippen molar-refractivity contribution in [1.82, 2.24) is 18.8 Å². The van der Waals surface area contributed by atoms with Crippen molar-refractivity contribution in [2.75, 3.05) is 39.4 Å². The van der Waals surface area contributed by atoms with Gasteiger partial charge < -0.3 is 18.9 Å². The van der Waals surface area contributed by atoms with Gasteiger partial charge in [0.15, 0.2) is 6.10 Å². The second-order valence-corrected chi connectivity index (χ2v) is 10.4. The standard InChI is InChI=1S/C22H30N4O6S/c1-16(22(28)25-9-3-4-10-25)32-21(27)8-7-20-23-18-15-17(5-6-19(18)24(20)2)33(29,30)26-11-13-31-14-12-26/h5-6,15-16H,3-4,7-14H2,1-2H3/t16-/m0/s1. The van der Waals surface area contributed by atoms with Crippen LogP contribution in [-0.4, -0.2) is 84.5 Å². The van der Waals surface area contributed by atoms with Gasteiger partial charge in [0.1, 0.15) is 5.82 Å². The average Bonchev–Trinajstić information content (AvgIpc) is 3.46. The molecule has 2 aliphatic rings. The third-order valence-electron chi connectivity index (χ3n) is 6.18. The molecule has 0 N–H and O–H groups in total. The lowest BCUT2D eigenvalue weighted by Crippen LogP contribution is -2.40. The molecular formula is C22H30N4O6S. The Balaban J connectivity index is 1.41. The van der Waals surface area contributed by atoms with E-state index in [1.54, 1.807) is 30.0 Å². The molecule has 0 unspecified atom stereocenters. The molecule has 33 heavy (non-hydrogen) atoms. The molecule has 0 spiro atoms. The zero-order valence-corrected chi connectivity index (χ0v) is 19.8. The SMILES string of the molecule is C[C@H](OC(=O)CCc1nc2cc(S(=O)(=O)N3CCOCC3)ccc2n1C)C(=O)N1CCCC1. The van der Waals surface area contributed by atoms with Gasteiger partial charge in [0.2, 0.25) is 10.0 Å². The Bertz CT molecular complexity index is 1130. The molecule has 1 atom stereocenters. The Morgan fingerprint density at radius 3 is 2.55 bits per heavy atom. The number of sulfonamides is 1. The van der Waals surface area contributed by atoms with E-state index in [0.29, 0.717) is 57.2 Å². The average molecular weight is 479 g/mol. The highest BCUT2D eigenvalue weighted by molar-refractivity contribution is 7.89. The van der Waals surface area contributed by atoms with Gasteiger partial charge in [0, 0.05) is 39.6 Å².